The molecule has 1 aromatic rings. The predicted octanol–water partition coefficient (Wildman–Crippen LogP) is 2.24. The molecule has 1 fully saturated rings. The van der Waals surface area contributed by atoms with Gasteiger partial charge in [-0.15, -0.1) is 6.42 Å². The highest BCUT2D eigenvalue weighted by Gasteiger charge is 2.23. The van der Waals surface area contributed by atoms with Crippen molar-refractivity contribution in [3.63, 3.8) is 0 Å². The standard InChI is InChI=1S/C12H12O2/c1-2-8-13-11-4-3-5-12(9-11)14-10-6-7-10/h1,3-5,9-10H,6-8H2. The Morgan fingerprint density at radius 2 is 2.14 bits per heavy atom. The van der Waals surface area contributed by atoms with Gasteiger partial charge in [0.1, 0.15) is 18.1 Å². The first-order chi connectivity index (χ1) is 6.88. The molecule has 2 rings (SSSR count). The van der Waals surface area contributed by atoms with Crippen molar-refractivity contribution in [2.75, 3.05) is 6.61 Å². The molecule has 1 saturated carbocycles. The van der Waals surface area contributed by atoms with Crippen molar-refractivity contribution >= 4 is 0 Å². The lowest BCUT2D eigenvalue weighted by Crippen LogP contribution is -1.97. The molecule has 0 heterocycles. The minimum absolute atomic E-state index is 0.298. The molecule has 0 aliphatic heterocycles. The molecule has 1 aromatic carbocycles. The summed E-state index contributed by atoms with van der Waals surface area (Å²) in [5.41, 5.74) is 0. The molecule has 0 bridgehead atoms. The van der Waals surface area contributed by atoms with Gasteiger partial charge >= 0.3 is 0 Å². The van der Waals surface area contributed by atoms with Gasteiger partial charge in [0, 0.05) is 6.07 Å². The van der Waals surface area contributed by atoms with Crippen LogP contribution in [0.1, 0.15) is 12.8 Å². The molecule has 0 amide bonds. The summed E-state index contributed by atoms with van der Waals surface area (Å²) in [5.74, 6) is 4.05. The zero-order chi connectivity index (χ0) is 9.80. The van der Waals surface area contributed by atoms with Crippen LogP contribution in [0.3, 0.4) is 0 Å². The molecule has 0 aromatic heterocycles. The monoisotopic (exact) mass is 188 g/mol. The van der Waals surface area contributed by atoms with Crippen LogP contribution in [-0.2, 0) is 0 Å². The van der Waals surface area contributed by atoms with E-state index in [4.69, 9.17) is 15.9 Å². The quantitative estimate of drug-likeness (QED) is 0.675. The van der Waals surface area contributed by atoms with Gasteiger partial charge in [-0.25, -0.2) is 0 Å². The van der Waals surface area contributed by atoms with Gasteiger partial charge in [0.25, 0.3) is 0 Å². The molecule has 0 N–H and O–H groups in total. The van der Waals surface area contributed by atoms with E-state index in [1.54, 1.807) is 0 Å². The summed E-state index contributed by atoms with van der Waals surface area (Å²) in [5, 5.41) is 0. The highest BCUT2D eigenvalue weighted by atomic mass is 16.5. The lowest BCUT2D eigenvalue weighted by atomic mass is 10.3. The molecule has 72 valence electrons. The maximum atomic E-state index is 5.61. The van der Waals surface area contributed by atoms with Gasteiger partial charge < -0.3 is 9.47 Å². The smallest absolute Gasteiger partial charge is 0.148 e. The van der Waals surface area contributed by atoms with Crippen LogP contribution in [0, 0.1) is 12.3 Å². The molecule has 14 heavy (non-hydrogen) atoms. The number of benzene rings is 1. The van der Waals surface area contributed by atoms with Gasteiger partial charge in [0.15, 0.2) is 0 Å². The van der Waals surface area contributed by atoms with Crippen molar-refractivity contribution in [3.8, 4) is 23.8 Å². The van der Waals surface area contributed by atoms with E-state index in [1.807, 2.05) is 24.3 Å². The molecule has 1 aliphatic carbocycles. The molecule has 2 heteroatoms. The van der Waals surface area contributed by atoms with Crippen LogP contribution in [0.5, 0.6) is 11.5 Å². The lowest BCUT2D eigenvalue weighted by Gasteiger charge is -2.06. The Hall–Kier alpha value is -1.62. The molecule has 0 atom stereocenters. The fraction of sp³-hybridized carbons (Fsp3) is 0.333. The summed E-state index contributed by atoms with van der Waals surface area (Å²) in [6.07, 6.45) is 7.84. The van der Waals surface area contributed by atoms with Crippen LogP contribution in [0.15, 0.2) is 24.3 Å². The summed E-state index contributed by atoms with van der Waals surface area (Å²) in [7, 11) is 0. The van der Waals surface area contributed by atoms with Gasteiger partial charge in [-0.2, -0.15) is 0 Å². The lowest BCUT2D eigenvalue weighted by molar-refractivity contribution is 0.299. The number of hydrogen-bond acceptors (Lipinski definition) is 2. The van der Waals surface area contributed by atoms with E-state index in [2.05, 4.69) is 5.92 Å². The SMILES string of the molecule is C#CCOc1cccc(OC2CC2)c1. The second-order valence-corrected chi connectivity index (χ2v) is 3.28. The summed E-state index contributed by atoms with van der Waals surface area (Å²) in [4.78, 5) is 0. The Kier molecular flexibility index (Phi) is 2.60. The summed E-state index contributed by atoms with van der Waals surface area (Å²) < 4.78 is 10.9. The number of ether oxygens (including phenoxy) is 2. The van der Waals surface area contributed by atoms with E-state index in [0.717, 1.165) is 24.3 Å². The van der Waals surface area contributed by atoms with Crippen LogP contribution in [0.4, 0.5) is 0 Å². The topological polar surface area (TPSA) is 18.5 Å². The van der Waals surface area contributed by atoms with E-state index < -0.39 is 0 Å². The zero-order valence-electron chi connectivity index (χ0n) is 7.90. The summed E-state index contributed by atoms with van der Waals surface area (Å²) in [6, 6.07) is 7.58. The van der Waals surface area contributed by atoms with Crippen molar-refractivity contribution in [2.24, 2.45) is 0 Å². The Bertz CT molecular complexity index is 348. The third-order valence-electron chi connectivity index (χ3n) is 1.95. The van der Waals surface area contributed by atoms with Crippen molar-refractivity contribution in [2.45, 2.75) is 18.9 Å². The molecule has 2 nitrogen and oxygen atoms in total. The van der Waals surface area contributed by atoms with E-state index in [1.165, 1.54) is 0 Å². The molecule has 0 spiro atoms. The Balaban J connectivity index is 1.98. The fourth-order valence-electron chi connectivity index (χ4n) is 1.14. The maximum absolute atomic E-state index is 5.61. The second-order valence-electron chi connectivity index (χ2n) is 3.28. The first-order valence-electron chi connectivity index (χ1n) is 4.71. The number of hydrogen-bond donors (Lipinski definition) is 0. The highest BCUT2D eigenvalue weighted by Crippen LogP contribution is 2.28. The number of terminal acetylenes is 1. The van der Waals surface area contributed by atoms with Gasteiger partial charge in [0.2, 0.25) is 0 Å². The van der Waals surface area contributed by atoms with Crippen molar-refractivity contribution in [1.29, 1.82) is 0 Å². The van der Waals surface area contributed by atoms with Crippen LogP contribution in [0.2, 0.25) is 0 Å². The average molecular weight is 188 g/mol. The summed E-state index contributed by atoms with van der Waals surface area (Å²) in [6.45, 7) is 0.298. The Morgan fingerprint density at radius 3 is 2.86 bits per heavy atom. The molecule has 0 unspecified atom stereocenters. The van der Waals surface area contributed by atoms with E-state index in [-0.39, 0.29) is 0 Å². The third-order valence-corrected chi connectivity index (χ3v) is 1.95. The zero-order valence-corrected chi connectivity index (χ0v) is 7.90. The van der Waals surface area contributed by atoms with E-state index >= 15 is 0 Å². The van der Waals surface area contributed by atoms with Gasteiger partial charge in [-0.05, 0) is 25.0 Å². The molecule has 0 saturated heterocycles. The van der Waals surface area contributed by atoms with Crippen LogP contribution >= 0.6 is 0 Å². The van der Waals surface area contributed by atoms with Crippen LogP contribution in [0.25, 0.3) is 0 Å². The first kappa shape index (κ1) is 8.96. The maximum Gasteiger partial charge on any atom is 0.148 e. The van der Waals surface area contributed by atoms with Gasteiger partial charge in [-0.1, -0.05) is 12.0 Å². The van der Waals surface area contributed by atoms with Crippen molar-refractivity contribution in [1.82, 2.24) is 0 Å². The minimum atomic E-state index is 0.298. The van der Waals surface area contributed by atoms with Crippen molar-refractivity contribution in [3.05, 3.63) is 24.3 Å². The van der Waals surface area contributed by atoms with Crippen molar-refractivity contribution < 1.29 is 9.47 Å². The molecular formula is C12H12O2. The Morgan fingerprint density at radius 1 is 1.36 bits per heavy atom. The highest BCUT2D eigenvalue weighted by molar-refractivity contribution is 5.33. The van der Waals surface area contributed by atoms with E-state index in [0.29, 0.717) is 12.7 Å². The molecule has 0 radical (unpaired) electrons. The van der Waals surface area contributed by atoms with E-state index in [9.17, 15) is 0 Å². The average Bonchev–Trinajstić information content (AvgIpc) is 2.99. The largest absolute Gasteiger partial charge is 0.490 e. The second kappa shape index (κ2) is 4.06. The number of rotatable bonds is 4. The third kappa shape index (κ3) is 2.43. The normalized spacial score (nSPS) is 14.5. The molecule has 1 aliphatic rings. The van der Waals surface area contributed by atoms with Gasteiger partial charge in [0.05, 0.1) is 6.10 Å². The summed E-state index contributed by atoms with van der Waals surface area (Å²) >= 11 is 0. The van der Waals surface area contributed by atoms with Crippen LogP contribution in [-0.4, -0.2) is 12.7 Å². The minimum Gasteiger partial charge on any atom is -0.490 e. The van der Waals surface area contributed by atoms with Crippen LogP contribution < -0.4 is 9.47 Å². The molecular weight excluding hydrogens is 176 g/mol. The fourth-order valence-corrected chi connectivity index (χ4v) is 1.14. The van der Waals surface area contributed by atoms with Gasteiger partial charge in [-0.3, -0.25) is 0 Å². The predicted molar refractivity (Wildman–Crippen MR) is 54.4 cm³/mol. The Labute approximate surface area is 83.8 Å². The first-order valence-corrected chi connectivity index (χ1v) is 4.71.